The van der Waals surface area contributed by atoms with Gasteiger partial charge in [0.15, 0.2) is 0 Å². The van der Waals surface area contributed by atoms with E-state index in [0.717, 1.165) is 0 Å². The Bertz CT molecular complexity index is 502. The Morgan fingerprint density at radius 1 is 1.22 bits per heavy atom. The maximum Gasteiger partial charge on any atom is 0.458 e. The molecule has 0 radical (unpaired) electrons. The van der Waals surface area contributed by atoms with Gasteiger partial charge in [-0.15, -0.1) is 0 Å². The van der Waals surface area contributed by atoms with E-state index < -0.39 is 37.6 Å². The van der Waals surface area contributed by atoms with E-state index in [9.17, 15) is 37.2 Å². The fourth-order valence-electron chi connectivity index (χ4n) is 1.08. The minimum atomic E-state index is -5.96. The standard InChI is InChI=1S/C8H3F5INO3/c9-7(10,8(11,12)13)4-1-3(15(17)18)2-5(14)6(4)16/h1-2,16H. The number of nitro benzene ring substituents is 1. The molecule has 0 spiro atoms. The molecule has 0 saturated carbocycles. The molecule has 1 N–H and O–H groups in total. The Hall–Kier alpha value is -1.20. The molecule has 0 bridgehead atoms. The summed E-state index contributed by atoms with van der Waals surface area (Å²) < 4.78 is 62.0. The molecule has 1 aromatic carbocycles. The van der Waals surface area contributed by atoms with E-state index in [1.165, 1.54) is 22.6 Å². The van der Waals surface area contributed by atoms with Crippen molar-refractivity contribution in [2.24, 2.45) is 0 Å². The number of nitrogens with zero attached hydrogens (tertiary/aromatic N) is 1. The van der Waals surface area contributed by atoms with Crippen molar-refractivity contribution in [2.75, 3.05) is 0 Å². The number of aromatic hydroxyl groups is 1. The van der Waals surface area contributed by atoms with Crippen LogP contribution in [0.1, 0.15) is 5.56 Å². The van der Waals surface area contributed by atoms with Gasteiger partial charge in [-0.25, -0.2) is 0 Å². The minimum absolute atomic E-state index is 0.00495. The van der Waals surface area contributed by atoms with E-state index in [2.05, 4.69) is 0 Å². The molecule has 0 aliphatic carbocycles. The van der Waals surface area contributed by atoms with Crippen LogP contribution in [0.2, 0.25) is 0 Å². The number of phenolic OH excluding ortho intramolecular Hbond substituents is 1. The number of hydrogen-bond donors (Lipinski definition) is 1. The zero-order valence-corrected chi connectivity index (χ0v) is 10.3. The number of rotatable bonds is 2. The van der Waals surface area contributed by atoms with Crippen LogP contribution in [0.25, 0.3) is 0 Å². The van der Waals surface area contributed by atoms with Crippen LogP contribution in [0.15, 0.2) is 12.1 Å². The molecule has 100 valence electrons. The summed E-state index contributed by atoms with van der Waals surface area (Å²) in [5.74, 6) is -6.70. The lowest BCUT2D eigenvalue weighted by atomic mass is 10.1. The molecule has 0 saturated heterocycles. The van der Waals surface area contributed by atoms with Crippen LogP contribution in [-0.4, -0.2) is 16.2 Å². The van der Waals surface area contributed by atoms with E-state index in [1.54, 1.807) is 0 Å². The summed E-state index contributed by atoms with van der Waals surface area (Å²) in [6, 6.07) is 0.691. The number of halogens is 6. The topological polar surface area (TPSA) is 63.4 Å². The molecular weight excluding hydrogens is 380 g/mol. The Morgan fingerprint density at radius 2 is 1.72 bits per heavy atom. The van der Waals surface area contributed by atoms with Gasteiger partial charge in [-0.3, -0.25) is 10.1 Å². The average Bonchev–Trinajstić information content (AvgIpc) is 2.19. The molecule has 4 nitrogen and oxygen atoms in total. The summed E-state index contributed by atoms with van der Waals surface area (Å²) in [6.07, 6.45) is -5.96. The number of nitro groups is 1. The summed E-state index contributed by atoms with van der Waals surface area (Å²) in [5.41, 5.74) is -2.80. The largest absolute Gasteiger partial charge is 0.506 e. The maximum absolute atomic E-state index is 13.0. The third kappa shape index (κ3) is 2.47. The van der Waals surface area contributed by atoms with Crippen molar-refractivity contribution >= 4 is 28.3 Å². The highest BCUT2D eigenvalue weighted by Crippen LogP contribution is 2.48. The second-order valence-electron chi connectivity index (χ2n) is 3.15. The molecule has 0 aliphatic heterocycles. The lowest BCUT2D eigenvalue weighted by Gasteiger charge is -2.20. The van der Waals surface area contributed by atoms with Gasteiger partial charge < -0.3 is 5.11 Å². The highest BCUT2D eigenvalue weighted by molar-refractivity contribution is 14.1. The van der Waals surface area contributed by atoms with Crippen molar-refractivity contribution in [1.29, 1.82) is 0 Å². The SMILES string of the molecule is O=[N+]([O-])c1cc(I)c(O)c(C(F)(F)C(F)(F)F)c1. The van der Waals surface area contributed by atoms with Crippen LogP contribution < -0.4 is 0 Å². The van der Waals surface area contributed by atoms with Gasteiger partial charge in [0.25, 0.3) is 5.69 Å². The lowest BCUT2D eigenvalue weighted by molar-refractivity contribution is -0.385. The van der Waals surface area contributed by atoms with Crippen LogP contribution in [0, 0.1) is 13.7 Å². The van der Waals surface area contributed by atoms with Crippen molar-refractivity contribution in [1.82, 2.24) is 0 Å². The van der Waals surface area contributed by atoms with Crippen molar-refractivity contribution in [3.05, 3.63) is 31.4 Å². The van der Waals surface area contributed by atoms with Gasteiger partial charge >= 0.3 is 12.1 Å². The third-order valence-electron chi connectivity index (χ3n) is 1.95. The number of alkyl halides is 5. The van der Waals surface area contributed by atoms with Gasteiger partial charge in [-0.1, -0.05) is 0 Å². The molecule has 0 amide bonds. The number of benzene rings is 1. The Balaban J connectivity index is 3.54. The summed E-state index contributed by atoms with van der Waals surface area (Å²) in [7, 11) is 0. The van der Waals surface area contributed by atoms with Gasteiger partial charge in [-0.2, -0.15) is 22.0 Å². The lowest BCUT2D eigenvalue weighted by Crippen LogP contribution is -2.33. The number of non-ortho nitro benzene ring substituents is 1. The average molecular weight is 383 g/mol. The molecule has 0 aromatic heterocycles. The van der Waals surface area contributed by atoms with Crippen LogP contribution >= 0.6 is 22.6 Å². The van der Waals surface area contributed by atoms with Gasteiger partial charge in [-0.05, 0) is 22.6 Å². The summed E-state index contributed by atoms with van der Waals surface area (Å²) in [5, 5.41) is 19.6. The van der Waals surface area contributed by atoms with Crippen LogP contribution in [-0.2, 0) is 5.92 Å². The second kappa shape index (κ2) is 4.48. The predicted octanol–water partition coefficient (Wildman–Crippen LogP) is 3.56. The summed E-state index contributed by atoms with van der Waals surface area (Å²) in [6.45, 7) is 0. The van der Waals surface area contributed by atoms with Gasteiger partial charge in [0.2, 0.25) is 0 Å². The van der Waals surface area contributed by atoms with E-state index in [-0.39, 0.29) is 6.07 Å². The molecule has 0 unspecified atom stereocenters. The molecule has 0 fully saturated rings. The highest BCUT2D eigenvalue weighted by atomic mass is 127. The maximum atomic E-state index is 13.0. The van der Waals surface area contributed by atoms with E-state index >= 15 is 0 Å². The monoisotopic (exact) mass is 383 g/mol. The normalized spacial score (nSPS) is 12.6. The van der Waals surface area contributed by atoms with Gasteiger partial charge in [0.05, 0.1) is 14.1 Å². The quantitative estimate of drug-likeness (QED) is 0.368. The van der Waals surface area contributed by atoms with E-state index in [4.69, 9.17) is 0 Å². The first-order chi connectivity index (χ1) is 7.98. The minimum Gasteiger partial charge on any atom is -0.506 e. The number of phenols is 1. The fourth-order valence-corrected chi connectivity index (χ4v) is 1.69. The third-order valence-corrected chi connectivity index (χ3v) is 2.78. The Kier molecular flexibility index (Phi) is 3.70. The van der Waals surface area contributed by atoms with Gasteiger partial charge in [0.1, 0.15) is 5.75 Å². The van der Waals surface area contributed by atoms with E-state index in [1.807, 2.05) is 0 Å². The molecular formula is C8H3F5INO3. The zero-order chi connectivity index (χ0) is 14.3. The van der Waals surface area contributed by atoms with Crippen molar-refractivity contribution < 1.29 is 32.0 Å². The van der Waals surface area contributed by atoms with Crippen LogP contribution in [0.3, 0.4) is 0 Å². The van der Waals surface area contributed by atoms with Crippen molar-refractivity contribution in [3.8, 4) is 5.75 Å². The van der Waals surface area contributed by atoms with Crippen LogP contribution in [0.5, 0.6) is 5.75 Å². The smallest absolute Gasteiger partial charge is 0.458 e. The number of hydrogen-bond acceptors (Lipinski definition) is 3. The first-order valence-electron chi connectivity index (χ1n) is 4.10. The Morgan fingerprint density at radius 3 is 2.11 bits per heavy atom. The molecule has 1 aromatic rings. The molecule has 0 aliphatic rings. The molecule has 18 heavy (non-hydrogen) atoms. The van der Waals surface area contributed by atoms with Crippen molar-refractivity contribution in [2.45, 2.75) is 12.1 Å². The molecule has 0 atom stereocenters. The summed E-state index contributed by atoms with van der Waals surface area (Å²) >= 11 is 1.22. The first kappa shape index (κ1) is 14.9. The molecule has 10 heteroatoms. The second-order valence-corrected chi connectivity index (χ2v) is 4.32. The predicted molar refractivity (Wildman–Crippen MR) is 57.4 cm³/mol. The molecule has 1 rings (SSSR count). The van der Waals surface area contributed by atoms with Gasteiger partial charge in [0, 0.05) is 12.1 Å². The van der Waals surface area contributed by atoms with E-state index in [0.29, 0.717) is 6.07 Å². The zero-order valence-electron chi connectivity index (χ0n) is 8.13. The highest BCUT2D eigenvalue weighted by Gasteiger charge is 2.60. The fraction of sp³-hybridized carbons (Fsp3) is 0.250. The Labute approximate surface area is 110 Å². The summed E-state index contributed by atoms with van der Waals surface area (Å²) in [4.78, 5) is 9.26. The first-order valence-corrected chi connectivity index (χ1v) is 5.18. The molecule has 0 heterocycles. The van der Waals surface area contributed by atoms with Crippen molar-refractivity contribution in [3.63, 3.8) is 0 Å². The van der Waals surface area contributed by atoms with Crippen LogP contribution in [0.4, 0.5) is 27.6 Å².